The van der Waals surface area contributed by atoms with Crippen molar-refractivity contribution in [3.8, 4) is 0 Å². The Hall–Kier alpha value is -0.500. The van der Waals surface area contributed by atoms with E-state index in [1.807, 2.05) is 0 Å². The Morgan fingerprint density at radius 3 is 2.63 bits per heavy atom. The summed E-state index contributed by atoms with van der Waals surface area (Å²) in [6, 6.07) is 0. The predicted octanol–water partition coefficient (Wildman–Crippen LogP) is 2.20. The third kappa shape index (κ3) is 7.11. The lowest BCUT2D eigenvalue weighted by Crippen LogP contribution is -2.56. The second kappa shape index (κ2) is 12.1. The maximum absolute atomic E-state index is 5.86. The van der Waals surface area contributed by atoms with Crippen molar-refractivity contribution >= 4 is 17.7 Å². The maximum atomic E-state index is 5.86. The smallest absolute Gasteiger partial charge is 0.191 e. The van der Waals surface area contributed by atoms with Crippen LogP contribution < -0.4 is 10.6 Å². The molecule has 0 aromatic heterocycles. The molecule has 0 amide bonds. The minimum absolute atomic E-state index is 0.197. The number of ether oxygens (including phenoxy) is 2. The van der Waals surface area contributed by atoms with Gasteiger partial charge in [-0.05, 0) is 38.4 Å². The molecule has 0 saturated carbocycles. The number of aliphatic imine (C=N–C) groups is 1. The molecule has 0 aliphatic carbocycles. The first-order valence-electron chi connectivity index (χ1n) is 10.7. The highest BCUT2D eigenvalue weighted by molar-refractivity contribution is 7.99. The van der Waals surface area contributed by atoms with Crippen molar-refractivity contribution in [3.05, 3.63) is 0 Å². The zero-order valence-corrected chi connectivity index (χ0v) is 18.6. The van der Waals surface area contributed by atoms with Gasteiger partial charge in [-0.25, -0.2) is 0 Å². The second-order valence-corrected chi connectivity index (χ2v) is 8.88. The summed E-state index contributed by atoms with van der Waals surface area (Å²) in [6.45, 7) is 15.8. The first kappa shape index (κ1) is 22.8. The van der Waals surface area contributed by atoms with Crippen LogP contribution in [0.5, 0.6) is 0 Å². The Morgan fingerprint density at radius 2 is 2.04 bits per heavy atom. The molecule has 2 aliphatic heterocycles. The van der Waals surface area contributed by atoms with E-state index >= 15 is 0 Å². The quantitative estimate of drug-likeness (QED) is 0.433. The van der Waals surface area contributed by atoms with Gasteiger partial charge in [-0.3, -0.25) is 9.89 Å². The van der Waals surface area contributed by atoms with Crippen LogP contribution in [0.4, 0.5) is 0 Å². The molecule has 2 saturated heterocycles. The molecule has 0 bridgehead atoms. The van der Waals surface area contributed by atoms with Crippen LogP contribution in [0.1, 0.15) is 40.5 Å². The van der Waals surface area contributed by atoms with Gasteiger partial charge in [-0.1, -0.05) is 13.8 Å². The summed E-state index contributed by atoms with van der Waals surface area (Å²) >= 11 is 2.06. The van der Waals surface area contributed by atoms with Gasteiger partial charge in [0.15, 0.2) is 5.96 Å². The number of thioether (sulfide) groups is 1. The molecule has 2 fully saturated rings. The van der Waals surface area contributed by atoms with Crippen LogP contribution in [-0.2, 0) is 9.47 Å². The van der Waals surface area contributed by atoms with Crippen LogP contribution >= 0.6 is 11.8 Å². The summed E-state index contributed by atoms with van der Waals surface area (Å²) in [6.07, 6.45) is 2.53. The van der Waals surface area contributed by atoms with Gasteiger partial charge in [0.1, 0.15) is 0 Å². The molecule has 2 heterocycles. The largest absolute Gasteiger partial charge is 0.379 e. The van der Waals surface area contributed by atoms with Crippen molar-refractivity contribution in [2.75, 3.05) is 64.1 Å². The monoisotopic (exact) mass is 400 g/mol. The first-order valence-corrected chi connectivity index (χ1v) is 11.8. The number of hydrogen-bond donors (Lipinski definition) is 2. The van der Waals surface area contributed by atoms with Gasteiger partial charge in [0.2, 0.25) is 0 Å². The Kier molecular flexibility index (Phi) is 10.2. The fraction of sp³-hybridized carbons (Fsp3) is 0.950. The van der Waals surface area contributed by atoms with E-state index in [-0.39, 0.29) is 5.54 Å². The summed E-state index contributed by atoms with van der Waals surface area (Å²) in [5, 5.41) is 6.93. The van der Waals surface area contributed by atoms with Gasteiger partial charge in [-0.2, -0.15) is 11.8 Å². The highest BCUT2D eigenvalue weighted by Crippen LogP contribution is 2.34. The number of rotatable bonds is 10. The van der Waals surface area contributed by atoms with Gasteiger partial charge < -0.3 is 20.1 Å². The average Bonchev–Trinajstić information content (AvgIpc) is 3.16. The second-order valence-electron chi connectivity index (χ2n) is 7.77. The van der Waals surface area contributed by atoms with E-state index in [0.717, 1.165) is 64.9 Å². The van der Waals surface area contributed by atoms with Crippen LogP contribution in [0.25, 0.3) is 0 Å². The van der Waals surface area contributed by atoms with E-state index in [4.69, 9.17) is 14.5 Å². The molecule has 158 valence electrons. The van der Waals surface area contributed by atoms with Gasteiger partial charge >= 0.3 is 0 Å². The topological polar surface area (TPSA) is 58.1 Å². The molecule has 7 heteroatoms. The van der Waals surface area contributed by atoms with Crippen LogP contribution in [0.2, 0.25) is 0 Å². The molecule has 2 unspecified atom stereocenters. The molecule has 0 spiro atoms. The van der Waals surface area contributed by atoms with Gasteiger partial charge in [0.05, 0.1) is 31.4 Å². The van der Waals surface area contributed by atoms with Gasteiger partial charge in [0, 0.05) is 38.5 Å². The summed E-state index contributed by atoms with van der Waals surface area (Å²) in [5.74, 6) is 3.88. The van der Waals surface area contributed by atoms with Crippen molar-refractivity contribution in [2.45, 2.75) is 52.2 Å². The van der Waals surface area contributed by atoms with E-state index in [2.05, 4.69) is 55.0 Å². The fourth-order valence-electron chi connectivity index (χ4n) is 3.83. The number of nitrogens with zero attached hydrogens (tertiary/aromatic N) is 2. The molecular weight excluding hydrogens is 360 g/mol. The lowest BCUT2D eigenvalue weighted by Gasteiger charge is -2.42. The summed E-state index contributed by atoms with van der Waals surface area (Å²) in [4.78, 5) is 7.61. The SMILES string of the molecule is CCNC(=NCC1(N2CCOCC2)CCSC1)NCCC(OCC)C(C)C. The molecule has 2 aliphatic rings. The highest BCUT2D eigenvalue weighted by Gasteiger charge is 2.40. The minimum Gasteiger partial charge on any atom is -0.379 e. The Balaban J connectivity index is 1.92. The molecular formula is C20H40N4O2S. The lowest BCUT2D eigenvalue weighted by atomic mass is 9.96. The number of nitrogens with one attached hydrogen (secondary N) is 2. The number of guanidine groups is 1. The van der Waals surface area contributed by atoms with Crippen molar-refractivity contribution in [2.24, 2.45) is 10.9 Å². The van der Waals surface area contributed by atoms with E-state index in [1.165, 1.54) is 17.9 Å². The maximum Gasteiger partial charge on any atom is 0.191 e. The zero-order chi connectivity index (χ0) is 19.5. The van der Waals surface area contributed by atoms with E-state index in [1.54, 1.807) is 0 Å². The third-order valence-corrected chi connectivity index (χ3v) is 6.72. The van der Waals surface area contributed by atoms with Crippen LogP contribution in [0.15, 0.2) is 4.99 Å². The molecule has 27 heavy (non-hydrogen) atoms. The summed E-state index contributed by atoms with van der Waals surface area (Å²) < 4.78 is 11.4. The van der Waals surface area contributed by atoms with E-state index in [9.17, 15) is 0 Å². The van der Waals surface area contributed by atoms with Crippen LogP contribution in [-0.4, -0.2) is 86.6 Å². The Labute approximate surface area is 170 Å². The van der Waals surface area contributed by atoms with E-state index in [0.29, 0.717) is 12.0 Å². The lowest BCUT2D eigenvalue weighted by molar-refractivity contribution is -0.0104. The molecule has 0 radical (unpaired) electrons. The third-order valence-electron chi connectivity index (χ3n) is 5.49. The number of hydrogen-bond acceptors (Lipinski definition) is 5. The normalized spacial score (nSPS) is 25.7. The molecule has 0 aromatic carbocycles. The minimum atomic E-state index is 0.197. The fourth-order valence-corrected chi connectivity index (χ4v) is 5.30. The zero-order valence-electron chi connectivity index (χ0n) is 17.8. The molecule has 2 rings (SSSR count). The van der Waals surface area contributed by atoms with Crippen LogP contribution in [0, 0.1) is 5.92 Å². The van der Waals surface area contributed by atoms with Gasteiger partial charge in [-0.15, -0.1) is 0 Å². The number of morpholine rings is 1. The Morgan fingerprint density at radius 1 is 1.26 bits per heavy atom. The van der Waals surface area contributed by atoms with Gasteiger partial charge in [0.25, 0.3) is 0 Å². The molecule has 6 nitrogen and oxygen atoms in total. The standard InChI is InChI=1S/C20H40N4O2S/c1-5-21-19(22-9-7-18(17(3)4)26-6-2)23-15-20(8-14-27-16-20)24-10-12-25-13-11-24/h17-18H,5-16H2,1-4H3,(H2,21,22,23). The molecule has 2 N–H and O–H groups in total. The van der Waals surface area contributed by atoms with Crippen molar-refractivity contribution in [3.63, 3.8) is 0 Å². The average molecular weight is 401 g/mol. The van der Waals surface area contributed by atoms with Crippen molar-refractivity contribution < 1.29 is 9.47 Å². The molecule has 2 atom stereocenters. The summed E-state index contributed by atoms with van der Waals surface area (Å²) in [7, 11) is 0. The Bertz CT molecular complexity index is 436. The summed E-state index contributed by atoms with van der Waals surface area (Å²) in [5.41, 5.74) is 0.197. The molecule has 0 aromatic rings. The van der Waals surface area contributed by atoms with Crippen LogP contribution in [0.3, 0.4) is 0 Å². The van der Waals surface area contributed by atoms with E-state index < -0.39 is 0 Å². The van der Waals surface area contributed by atoms with Crippen molar-refractivity contribution in [1.82, 2.24) is 15.5 Å². The predicted molar refractivity (Wildman–Crippen MR) is 116 cm³/mol. The van der Waals surface area contributed by atoms with Crippen molar-refractivity contribution in [1.29, 1.82) is 0 Å². The first-order chi connectivity index (χ1) is 13.1. The highest BCUT2D eigenvalue weighted by atomic mass is 32.2.